The molecule has 1 N–H and O–H groups in total. The zero-order valence-corrected chi connectivity index (χ0v) is 18.2. The van der Waals surface area contributed by atoms with Crippen molar-refractivity contribution in [2.24, 2.45) is 0 Å². The number of benzene rings is 2. The SMILES string of the molecule is O=C(Nc1ccc(Br)cc1F)N1Cc2ccccc2-n2cccc2[C@@H]1c1cccs1. The highest BCUT2D eigenvalue weighted by atomic mass is 79.9. The molecule has 2 aromatic carbocycles. The third-order valence-corrected chi connectivity index (χ3v) is 6.63. The van der Waals surface area contributed by atoms with Gasteiger partial charge in [-0.1, -0.05) is 40.2 Å². The van der Waals surface area contributed by atoms with Crippen LogP contribution in [0.2, 0.25) is 0 Å². The molecule has 0 saturated carbocycles. The number of hydrogen-bond donors (Lipinski definition) is 1. The van der Waals surface area contributed by atoms with E-state index in [1.54, 1.807) is 28.4 Å². The van der Waals surface area contributed by atoms with Crippen molar-refractivity contribution in [3.05, 3.63) is 105 Å². The van der Waals surface area contributed by atoms with E-state index in [4.69, 9.17) is 0 Å². The number of carbonyl (C=O) groups is 1. The first-order chi connectivity index (χ1) is 14.6. The highest BCUT2D eigenvalue weighted by Crippen LogP contribution is 2.38. The van der Waals surface area contributed by atoms with Gasteiger partial charge in [-0.2, -0.15) is 0 Å². The van der Waals surface area contributed by atoms with E-state index in [2.05, 4.69) is 31.9 Å². The summed E-state index contributed by atoms with van der Waals surface area (Å²) in [6.07, 6.45) is 2.02. The summed E-state index contributed by atoms with van der Waals surface area (Å²) in [5.41, 5.74) is 3.22. The Morgan fingerprint density at radius 3 is 2.77 bits per heavy atom. The summed E-state index contributed by atoms with van der Waals surface area (Å²) in [6.45, 7) is 0.407. The first-order valence-electron chi connectivity index (χ1n) is 9.43. The van der Waals surface area contributed by atoms with Crippen molar-refractivity contribution in [2.45, 2.75) is 12.6 Å². The lowest BCUT2D eigenvalue weighted by Crippen LogP contribution is -2.37. The lowest BCUT2D eigenvalue weighted by molar-refractivity contribution is 0.195. The number of anilines is 1. The smallest absolute Gasteiger partial charge is 0.318 e. The summed E-state index contributed by atoms with van der Waals surface area (Å²) < 4.78 is 17.1. The average Bonchev–Trinajstić information content (AvgIpc) is 3.41. The Morgan fingerprint density at radius 2 is 1.97 bits per heavy atom. The predicted octanol–water partition coefficient (Wildman–Crippen LogP) is 6.58. The maximum atomic E-state index is 14.4. The fourth-order valence-electron chi connectivity index (χ4n) is 3.86. The number of amides is 2. The zero-order valence-electron chi connectivity index (χ0n) is 15.8. The van der Waals surface area contributed by atoms with Crippen LogP contribution in [0, 0.1) is 5.82 Å². The van der Waals surface area contributed by atoms with Gasteiger partial charge in [-0.05, 0) is 53.4 Å². The van der Waals surface area contributed by atoms with E-state index in [1.807, 2.05) is 54.0 Å². The molecule has 3 heterocycles. The van der Waals surface area contributed by atoms with Gasteiger partial charge in [0.2, 0.25) is 0 Å². The van der Waals surface area contributed by atoms with E-state index in [0.29, 0.717) is 11.0 Å². The molecule has 1 aliphatic rings. The van der Waals surface area contributed by atoms with Crippen LogP contribution in [0.5, 0.6) is 0 Å². The van der Waals surface area contributed by atoms with E-state index in [1.165, 1.54) is 6.07 Å². The number of nitrogens with zero attached hydrogens (tertiary/aromatic N) is 2. The van der Waals surface area contributed by atoms with E-state index in [0.717, 1.165) is 21.8 Å². The van der Waals surface area contributed by atoms with Crippen LogP contribution in [0.3, 0.4) is 0 Å². The van der Waals surface area contributed by atoms with Crippen LogP contribution in [-0.2, 0) is 6.54 Å². The molecule has 5 rings (SSSR count). The largest absolute Gasteiger partial charge is 0.323 e. The van der Waals surface area contributed by atoms with E-state index >= 15 is 0 Å². The number of thiophene rings is 1. The van der Waals surface area contributed by atoms with E-state index < -0.39 is 5.82 Å². The van der Waals surface area contributed by atoms with Crippen molar-refractivity contribution in [1.82, 2.24) is 9.47 Å². The molecule has 0 aliphatic carbocycles. The minimum atomic E-state index is -0.482. The predicted molar refractivity (Wildman–Crippen MR) is 121 cm³/mol. The number of carbonyl (C=O) groups excluding carboxylic acids is 1. The van der Waals surface area contributed by atoms with Crippen LogP contribution >= 0.6 is 27.3 Å². The maximum Gasteiger partial charge on any atom is 0.323 e. The molecule has 0 bridgehead atoms. The normalized spacial score (nSPS) is 15.3. The van der Waals surface area contributed by atoms with Crippen LogP contribution in [0.15, 0.2) is 82.8 Å². The molecule has 0 unspecified atom stereocenters. The average molecular weight is 482 g/mol. The van der Waals surface area contributed by atoms with Crippen molar-refractivity contribution in [1.29, 1.82) is 0 Å². The Morgan fingerprint density at radius 1 is 1.10 bits per heavy atom. The first kappa shape index (κ1) is 19.1. The highest BCUT2D eigenvalue weighted by Gasteiger charge is 2.33. The molecular formula is C23H17BrFN3OS. The molecule has 0 saturated heterocycles. The quantitative estimate of drug-likeness (QED) is 0.345. The molecule has 1 atom stereocenters. The van der Waals surface area contributed by atoms with Crippen LogP contribution in [0.4, 0.5) is 14.9 Å². The second kappa shape index (κ2) is 7.74. The Balaban J connectivity index is 1.61. The van der Waals surface area contributed by atoms with Gasteiger partial charge < -0.3 is 14.8 Å². The van der Waals surface area contributed by atoms with Gasteiger partial charge in [-0.15, -0.1) is 11.3 Å². The van der Waals surface area contributed by atoms with Crippen molar-refractivity contribution in [2.75, 3.05) is 5.32 Å². The number of halogens is 2. The van der Waals surface area contributed by atoms with Crippen LogP contribution in [-0.4, -0.2) is 15.5 Å². The number of para-hydroxylation sites is 1. The van der Waals surface area contributed by atoms with E-state index in [9.17, 15) is 9.18 Å². The lowest BCUT2D eigenvalue weighted by atomic mass is 10.1. The van der Waals surface area contributed by atoms with Crippen molar-refractivity contribution in [3.8, 4) is 5.69 Å². The molecule has 30 heavy (non-hydrogen) atoms. The summed E-state index contributed by atoms with van der Waals surface area (Å²) in [5.74, 6) is -0.482. The summed E-state index contributed by atoms with van der Waals surface area (Å²) in [6, 6.07) is 20.1. The number of urea groups is 1. The Hall–Kier alpha value is -2.90. The second-order valence-electron chi connectivity index (χ2n) is 7.03. The van der Waals surface area contributed by atoms with Gasteiger partial charge in [0.1, 0.15) is 11.9 Å². The van der Waals surface area contributed by atoms with Gasteiger partial charge in [0.15, 0.2) is 0 Å². The number of hydrogen-bond acceptors (Lipinski definition) is 2. The number of aromatic nitrogens is 1. The van der Waals surface area contributed by atoms with Crippen LogP contribution in [0.25, 0.3) is 5.69 Å². The fraction of sp³-hybridized carbons (Fsp3) is 0.0870. The number of nitrogens with one attached hydrogen (secondary N) is 1. The molecule has 2 amide bonds. The molecule has 0 spiro atoms. The standard InChI is InChI=1S/C23H17BrFN3OS/c24-16-9-10-18(17(25)13-16)26-23(29)28-14-15-5-1-2-6-19(15)27-11-3-7-20(27)22(28)21-8-4-12-30-21/h1-13,22H,14H2,(H,26,29)/t22-/m1/s1. The topological polar surface area (TPSA) is 37.3 Å². The monoisotopic (exact) mass is 481 g/mol. The third-order valence-electron chi connectivity index (χ3n) is 5.21. The molecule has 150 valence electrons. The number of fused-ring (bicyclic) bond motifs is 3. The molecule has 0 fully saturated rings. The molecular weight excluding hydrogens is 465 g/mol. The van der Waals surface area contributed by atoms with Crippen molar-refractivity contribution in [3.63, 3.8) is 0 Å². The van der Waals surface area contributed by atoms with Gasteiger partial charge in [0.05, 0.1) is 23.6 Å². The van der Waals surface area contributed by atoms with Gasteiger partial charge in [0, 0.05) is 15.5 Å². The zero-order chi connectivity index (χ0) is 20.7. The third kappa shape index (κ3) is 3.34. The molecule has 0 radical (unpaired) electrons. The van der Waals surface area contributed by atoms with E-state index in [-0.39, 0.29) is 17.8 Å². The Kier molecular flexibility index (Phi) is 4.92. The van der Waals surface area contributed by atoms with Crippen LogP contribution in [0.1, 0.15) is 22.2 Å². The number of rotatable bonds is 2. The Bertz CT molecular complexity index is 1220. The van der Waals surface area contributed by atoms with Crippen LogP contribution < -0.4 is 5.32 Å². The molecule has 4 aromatic rings. The maximum absolute atomic E-state index is 14.4. The lowest BCUT2D eigenvalue weighted by Gasteiger charge is -2.30. The first-order valence-corrected chi connectivity index (χ1v) is 11.1. The summed E-state index contributed by atoms with van der Waals surface area (Å²) in [4.78, 5) is 16.3. The molecule has 2 aromatic heterocycles. The van der Waals surface area contributed by atoms with Gasteiger partial charge in [-0.25, -0.2) is 9.18 Å². The summed E-state index contributed by atoms with van der Waals surface area (Å²) in [7, 11) is 0. The fourth-order valence-corrected chi connectivity index (χ4v) is 5.04. The molecule has 4 nitrogen and oxygen atoms in total. The minimum absolute atomic E-state index is 0.154. The van der Waals surface area contributed by atoms with Gasteiger partial charge >= 0.3 is 6.03 Å². The summed E-state index contributed by atoms with van der Waals surface area (Å²) in [5, 5.41) is 4.77. The highest BCUT2D eigenvalue weighted by molar-refractivity contribution is 9.10. The van der Waals surface area contributed by atoms with Gasteiger partial charge in [-0.3, -0.25) is 0 Å². The minimum Gasteiger partial charge on any atom is -0.318 e. The van der Waals surface area contributed by atoms with Gasteiger partial charge in [0.25, 0.3) is 0 Å². The van der Waals surface area contributed by atoms with Crippen molar-refractivity contribution < 1.29 is 9.18 Å². The summed E-state index contributed by atoms with van der Waals surface area (Å²) >= 11 is 4.85. The molecule has 1 aliphatic heterocycles. The molecule has 7 heteroatoms. The Labute approximate surface area is 185 Å². The second-order valence-corrected chi connectivity index (χ2v) is 8.93. The van der Waals surface area contributed by atoms with Crippen molar-refractivity contribution >= 4 is 39.0 Å².